The second-order valence-electron chi connectivity index (χ2n) is 6.36. The van der Waals surface area contributed by atoms with Crippen LogP contribution in [0.4, 0.5) is 4.39 Å². The van der Waals surface area contributed by atoms with E-state index in [0.717, 1.165) is 24.9 Å². The molecule has 3 nitrogen and oxygen atoms in total. The Hall–Kier alpha value is -1.42. The molecule has 0 aliphatic carbocycles. The van der Waals surface area contributed by atoms with Gasteiger partial charge in [-0.05, 0) is 49.9 Å². The highest BCUT2D eigenvalue weighted by atomic mass is 19.1. The molecule has 1 amide bonds. The SMILES string of the molecule is CC1CC(C(=O)NC(c2ccc(F)cc2)C(C)C)CCN1. The van der Waals surface area contributed by atoms with E-state index in [2.05, 4.69) is 31.4 Å². The van der Waals surface area contributed by atoms with Crippen molar-refractivity contribution < 1.29 is 9.18 Å². The molecular formula is C17H25FN2O. The van der Waals surface area contributed by atoms with Gasteiger partial charge in [0.15, 0.2) is 0 Å². The van der Waals surface area contributed by atoms with Crippen molar-refractivity contribution in [2.45, 2.75) is 45.7 Å². The van der Waals surface area contributed by atoms with Crippen molar-refractivity contribution in [1.82, 2.24) is 10.6 Å². The van der Waals surface area contributed by atoms with Gasteiger partial charge in [0.2, 0.25) is 5.91 Å². The van der Waals surface area contributed by atoms with E-state index in [1.807, 2.05) is 0 Å². The van der Waals surface area contributed by atoms with Crippen LogP contribution in [0.1, 0.15) is 45.2 Å². The number of rotatable bonds is 4. The molecule has 1 fully saturated rings. The molecule has 1 aromatic carbocycles. The Morgan fingerprint density at radius 3 is 2.57 bits per heavy atom. The van der Waals surface area contributed by atoms with Gasteiger partial charge in [-0.3, -0.25) is 4.79 Å². The minimum absolute atomic E-state index is 0.0664. The molecule has 1 saturated heterocycles. The molecule has 1 aromatic rings. The van der Waals surface area contributed by atoms with Gasteiger partial charge in [-0.15, -0.1) is 0 Å². The zero-order valence-electron chi connectivity index (χ0n) is 13.0. The van der Waals surface area contributed by atoms with Gasteiger partial charge in [0.05, 0.1) is 6.04 Å². The monoisotopic (exact) mass is 292 g/mol. The standard InChI is InChI=1S/C17H25FN2O/c1-11(2)16(13-4-6-15(18)7-5-13)20-17(21)14-8-9-19-12(3)10-14/h4-7,11-12,14,16,19H,8-10H2,1-3H3,(H,20,21). The van der Waals surface area contributed by atoms with Crippen LogP contribution < -0.4 is 10.6 Å². The fraction of sp³-hybridized carbons (Fsp3) is 0.588. The first-order valence-corrected chi connectivity index (χ1v) is 7.76. The van der Waals surface area contributed by atoms with Crippen LogP contribution in [0, 0.1) is 17.7 Å². The summed E-state index contributed by atoms with van der Waals surface area (Å²) >= 11 is 0. The molecule has 0 spiro atoms. The van der Waals surface area contributed by atoms with E-state index in [1.165, 1.54) is 12.1 Å². The fourth-order valence-electron chi connectivity index (χ4n) is 2.95. The van der Waals surface area contributed by atoms with Crippen LogP contribution in [0.3, 0.4) is 0 Å². The zero-order chi connectivity index (χ0) is 15.4. The van der Waals surface area contributed by atoms with Gasteiger partial charge in [0.1, 0.15) is 5.82 Å². The Morgan fingerprint density at radius 1 is 1.33 bits per heavy atom. The van der Waals surface area contributed by atoms with E-state index in [9.17, 15) is 9.18 Å². The van der Waals surface area contributed by atoms with Gasteiger partial charge in [-0.2, -0.15) is 0 Å². The van der Waals surface area contributed by atoms with Crippen molar-refractivity contribution in [2.24, 2.45) is 11.8 Å². The van der Waals surface area contributed by atoms with Crippen LogP contribution in [0.25, 0.3) is 0 Å². The molecular weight excluding hydrogens is 267 g/mol. The molecule has 2 rings (SSSR count). The van der Waals surface area contributed by atoms with E-state index in [-0.39, 0.29) is 29.6 Å². The number of hydrogen-bond donors (Lipinski definition) is 2. The summed E-state index contributed by atoms with van der Waals surface area (Å²) in [7, 11) is 0. The Labute approximate surface area is 126 Å². The molecule has 0 radical (unpaired) electrons. The summed E-state index contributed by atoms with van der Waals surface area (Å²) in [5.74, 6) is 0.202. The number of halogens is 1. The van der Waals surface area contributed by atoms with E-state index >= 15 is 0 Å². The summed E-state index contributed by atoms with van der Waals surface area (Å²) in [4.78, 5) is 12.5. The smallest absolute Gasteiger partial charge is 0.223 e. The van der Waals surface area contributed by atoms with Gasteiger partial charge in [-0.1, -0.05) is 26.0 Å². The molecule has 21 heavy (non-hydrogen) atoms. The van der Waals surface area contributed by atoms with Crippen molar-refractivity contribution in [3.05, 3.63) is 35.6 Å². The average molecular weight is 292 g/mol. The normalized spacial score (nSPS) is 23.9. The Kier molecular flexibility index (Phi) is 5.34. The topological polar surface area (TPSA) is 41.1 Å². The summed E-state index contributed by atoms with van der Waals surface area (Å²) in [6, 6.07) is 6.73. The summed E-state index contributed by atoms with van der Waals surface area (Å²) in [6.45, 7) is 7.14. The minimum atomic E-state index is -0.250. The maximum atomic E-state index is 13.1. The van der Waals surface area contributed by atoms with Crippen molar-refractivity contribution >= 4 is 5.91 Å². The number of carbonyl (C=O) groups is 1. The third-order valence-electron chi connectivity index (χ3n) is 4.19. The highest BCUT2D eigenvalue weighted by Crippen LogP contribution is 2.24. The zero-order valence-corrected chi connectivity index (χ0v) is 13.0. The fourth-order valence-corrected chi connectivity index (χ4v) is 2.95. The van der Waals surface area contributed by atoms with Crippen molar-refractivity contribution in [3.8, 4) is 0 Å². The van der Waals surface area contributed by atoms with Gasteiger partial charge in [0.25, 0.3) is 0 Å². The van der Waals surface area contributed by atoms with Gasteiger partial charge in [0, 0.05) is 12.0 Å². The Morgan fingerprint density at radius 2 is 2.00 bits per heavy atom. The average Bonchev–Trinajstić information content (AvgIpc) is 2.45. The largest absolute Gasteiger partial charge is 0.349 e. The number of amides is 1. The van der Waals surface area contributed by atoms with Gasteiger partial charge < -0.3 is 10.6 Å². The van der Waals surface area contributed by atoms with E-state index in [1.54, 1.807) is 12.1 Å². The summed E-state index contributed by atoms with van der Waals surface area (Å²) < 4.78 is 13.1. The highest BCUT2D eigenvalue weighted by molar-refractivity contribution is 5.79. The maximum Gasteiger partial charge on any atom is 0.223 e. The highest BCUT2D eigenvalue weighted by Gasteiger charge is 2.27. The van der Waals surface area contributed by atoms with Crippen LogP contribution >= 0.6 is 0 Å². The van der Waals surface area contributed by atoms with Crippen LogP contribution in [0.5, 0.6) is 0 Å². The molecule has 1 heterocycles. The number of benzene rings is 1. The van der Waals surface area contributed by atoms with Crippen LogP contribution in [0.2, 0.25) is 0 Å². The molecule has 0 bridgehead atoms. The molecule has 1 aliphatic heterocycles. The lowest BCUT2D eigenvalue weighted by Gasteiger charge is -2.30. The lowest BCUT2D eigenvalue weighted by molar-refractivity contribution is -0.127. The molecule has 2 N–H and O–H groups in total. The second kappa shape index (κ2) is 7.03. The van der Waals surface area contributed by atoms with Crippen LogP contribution in [0.15, 0.2) is 24.3 Å². The number of hydrogen-bond acceptors (Lipinski definition) is 2. The minimum Gasteiger partial charge on any atom is -0.349 e. The van der Waals surface area contributed by atoms with Crippen LogP contribution in [-0.2, 0) is 4.79 Å². The number of piperidine rings is 1. The molecule has 116 valence electrons. The molecule has 3 atom stereocenters. The quantitative estimate of drug-likeness (QED) is 0.895. The van der Waals surface area contributed by atoms with E-state index in [0.29, 0.717) is 6.04 Å². The first kappa shape index (κ1) is 16.0. The predicted octanol–water partition coefficient (Wildman–Crippen LogP) is 3.03. The molecule has 4 heteroatoms. The molecule has 0 saturated carbocycles. The second-order valence-corrected chi connectivity index (χ2v) is 6.36. The maximum absolute atomic E-state index is 13.1. The molecule has 3 unspecified atom stereocenters. The van der Waals surface area contributed by atoms with Crippen molar-refractivity contribution in [1.29, 1.82) is 0 Å². The van der Waals surface area contributed by atoms with Crippen molar-refractivity contribution in [2.75, 3.05) is 6.54 Å². The summed E-state index contributed by atoms with van der Waals surface area (Å²) in [6.07, 6.45) is 1.75. The lowest BCUT2D eigenvalue weighted by Crippen LogP contribution is -2.44. The Bertz CT molecular complexity index is 472. The summed E-state index contributed by atoms with van der Waals surface area (Å²) in [5, 5.41) is 6.51. The first-order valence-electron chi connectivity index (χ1n) is 7.76. The molecule has 0 aromatic heterocycles. The third-order valence-corrected chi connectivity index (χ3v) is 4.19. The van der Waals surface area contributed by atoms with Crippen LogP contribution in [-0.4, -0.2) is 18.5 Å². The lowest BCUT2D eigenvalue weighted by atomic mass is 9.90. The van der Waals surface area contributed by atoms with Gasteiger partial charge >= 0.3 is 0 Å². The number of carbonyl (C=O) groups excluding carboxylic acids is 1. The van der Waals surface area contributed by atoms with Crippen molar-refractivity contribution in [3.63, 3.8) is 0 Å². The number of nitrogens with one attached hydrogen (secondary N) is 2. The summed E-state index contributed by atoms with van der Waals surface area (Å²) in [5.41, 5.74) is 0.960. The van der Waals surface area contributed by atoms with E-state index < -0.39 is 0 Å². The predicted molar refractivity (Wildman–Crippen MR) is 82.3 cm³/mol. The third kappa shape index (κ3) is 4.27. The first-order chi connectivity index (χ1) is 9.97. The molecule has 1 aliphatic rings. The van der Waals surface area contributed by atoms with E-state index in [4.69, 9.17) is 0 Å². The van der Waals surface area contributed by atoms with Gasteiger partial charge in [-0.25, -0.2) is 4.39 Å². The Balaban J connectivity index is 2.05.